The van der Waals surface area contributed by atoms with Gasteiger partial charge < -0.3 is 14.4 Å². The van der Waals surface area contributed by atoms with Crippen molar-refractivity contribution in [2.24, 2.45) is 0 Å². The average molecular weight is 357 g/mol. The zero-order valence-corrected chi connectivity index (χ0v) is 15.4. The molecule has 0 spiro atoms. The molecule has 1 aliphatic rings. The van der Waals surface area contributed by atoms with E-state index >= 15 is 0 Å². The minimum Gasteiger partial charge on any atom is -0.491 e. The molecule has 2 aromatic rings. The van der Waals surface area contributed by atoms with E-state index in [-0.39, 0.29) is 23.8 Å². The van der Waals surface area contributed by atoms with Gasteiger partial charge in [-0.2, -0.15) is 0 Å². The average Bonchev–Trinajstić information content (AvgIpc) is 2.62. The number of hydrogen-bond donors (Lipinski definition) is 0. The van der Waals surface area contributed by atoms with Gasteiger partial charge in [0.1, 0.15) is 18.2 Å². The zero-order chi connectivity index (χ0) is 18.7. The van der Waals surface area contributed by atoms with Crippen LogP contribution in [0.15, 0.2) is 42.5 Å². The molecule has 5 heteroatoms. The highest BCUT2D eigenvalue weighted by molar-refractivity contribution is 5.95. The van der Waals surface area contributed by atoms with Crippen molar-refractivity contribution in [1.82, 2.24) is 4.90 Å². The first-order valence-corrected chi connectivity index (χ1v) is 8.84. The number of amides is 1. The molecule has 138 valence electrons. The number of ether oxygens (including phenoxy) is 2. The molecule has 1 aliphatic heterocycles. The number of benzene rings is 2. The van der Waals surface area contributed by atoms with Crippen molar-refractivity contribution in [2.75, 3.05) is 20.3 Å². The lowest BCUT2D eigenvalue weighted by molar-refractivity contribution is 0.0580. The van der Waals surface area contributed by atoms with Crippen LogP contribution in [0.1, 0.15) is 41.4 Å². The number of carbonyl (C=O) groups is 1. The van der Waals surface area contributed by atoms with Crippen LogP contribution in [0.4, 0.5) is 4.39 Å². The van der Waals surface area contributed by atoms with E-state index in [0.29, 0.717) is 30.9 Å². The Morgan fingerprint density at radius 2 is 1.88 bits per heavy atom. The normalized spacial score (nSPS) is 19.2. The van der Waals surface area contributed by atoms with Crippen molar-refractivity contribution in [2.45, 2.75) is 32.4 Å². The molecule has 4 nitrogen and oxygen atoms in total. The lowest BCUT2D eigenvalue weighted by Crippen LogP contribution is -2.45. The summed E-state index contributed by atoms with van der Waals surface area (Å²) in [6.45, 7) is 4.98. The molecule has 0 N–H and O–H groups in total. The van der Waals surface area contributed by atoms with Crippen LogP contribution in [0.5, 0.6) is 5.75 Å². The molecule has 0 aromatic heterocycles. The Balaban J connectivity index is 1.77. The number of hydrogen-bond acceptors (Lipinski definition) is 3. The molecule has 1 amide bonds. The predicted octanol–water partition coefficient (Wildman–Crippen LogP) is 4.00. The summed E-state index contributed by atoms with van der Waals surface area (Å²) in [5.41, 5.74) is 2.61. The van der Waals surface area contributed by atoms with Gasteiger partial charge in [0, 0.05) is 18.7 Å². The zero-order valence-electron chi connectivity index (χ0n) is 15.4. The van der Waals surface area contributed by atoms with Gasteiger partial charge in [0.25, 0.3) is 5.91 Å². The number of methoxy groups -OCH3 is 1. The Kier molecular flexibility index (Phi) is 5.57. The van der Waals surface area contributed by atoms with Crippen molar-refractivity contribution in [3.63, 3.8) is 0 Å². The Morgan fingerprint density at radius 1 is 1.15 bits per heavy atom. The number of fused-ring (bicyclic) bond motifs is 1. The van der Waals surface area contributed by atoms with Crippen molar-refractivity contribution in [1.29, 1.82) is 0 Å². The van der Waals surface area contributed by atoms with E-state index in [1.807, 2.05) is 18.7 Å². The molecule has 0 saturated heterocycles. The Labute approximate surface area is 153 Å². The maximum Gasteiger partial charge on any atom is 0.254 e. The van der Waals surface area contributed by atoms with Gasteiger partial charge >= 0.3 is 0 Å². The van der Waals surface area contributed by atoms with E-state index in [9.17, 15) is 9.18 Å². The maximum absolute atomic E-state index is 13.5. The summed E-state index contributed by atoms with van der Waals surface area (Å²) in [4.78, 5) is 14.9. The van der Waals surface area contributed by atoms with E-state index in [0.717, 1.165) is 11.1 Å². The van der Waals surface area contributed by atoms with Gasteiger partial charge in [0.05, 0.1) is 12.6 Å². The van der Waals surface area contributed by atoms with Crippen molar-refractivity contribution in [3.05, 3.63) is 65.0 Å². The highest BCUT2D eigenvalue weighted by Gasteiger charge is 2.33. The third-order valence-electron chi connectivity index (χ3n) is 4.85. The van der Waals surface area contributed by atoms with Gasteiger partial charge in [0.15, 0.2) is 0 Å². The predicted molar refractivity (Wildman–Crippen MR) is 98.0 cm³/mol. The summed E-state index contributed by atoms with van der Waals surface area (Å²) in [6, 6.07) is 11.9. The molecule has 1 heterocycles. The molecule has 2 atom stereocenters. The second-order valence-electron chi connectivity index (χ2n) is 6.65. The largest absolute Gasteiger partial charge is 0.491 e. The van der Waals surface area contributed by atoms with Crippen LogP contribution in [0.3, 0.4) is 0 Å². The Bertz CT molecular complexity index is 775. The molecule has 2 aromatic carbocycles. The minimum absolute atomic E-state index is 0.00410. The first-order chi connectivity index (χ1) is 12.5. The Hall–Kier alpha value is -2.40. The molecular formula is C21H24FNO3. The number of rotatable bonds is 5. The fourth-order valence-corrected chi connectivity index (χ4v) is 3.57. The van der Waals surface area contributed by atoms with E-state index in [2.05, 4.69) is 0 Å². The number of halogens is 1. The second-order valence-corrected chi connectivity index (χ2v) is 6.65. The quantitative estimate of drug-likeness (QED) is 0.759. The van der Waals surface area contributed by atoms with Crippen LogP contribution in [-0.4, -0.2) is 37.2 Å². The van der Waals surface area contributed by atoms with E-state index in [4.69, 9.17) is 9.47 Å². The molecule has 2 unspecified atom stereocenters. The highest BCUT2D eigenvalue weighted by atomic mass is 19.1. The first kappa shape index (κ1) is 18.4. The van der Waals surface area contributed by atoms with E-state index in [1.165, 1.54) is 6.07 Å². The number of carbonyl (C=O) groups excluding carboxylic acids is 1. The molecule has 0 radical (unpaired) electrons. The highest BCUT2D eigenvalue weighted by Crippen LogP contribution is 2.34. The number of nitrogens with zero attached hydrogens (tertiary/aromatic N) is 1. The third-order valence-corrected chi connectivity index (χ3v) is 4.85. The maximum atomic E-state index is 13.5. The summed E-state index contributed by atoms with van der Waals surface area (Å²) in [6.07, 6.45) is 0.654. The molecule has 0 saturated carbocycles. The fraction of sp³-hybridized carbons (Fsp3) is 0.381. The van der Waals surface area contributed by atoms with Gasteiger partial charge in [0.2, 0.25) is 0 Å². The fourth-order valence-electron chi connectivity index (χ4n) is 3.57. The molecule has 0 fully saturated rings. The van der Waals surface area contributed by atoms with Crippen molar-refractivity contribution in [3.8, 4) is 5.75 Å². The van der Waals surface area contributed by atoms with Gasteiger partial charge in [-0.1, -0.05) is 6.07 Å². The van der Waals surface area contributed by atoms with Crippen LogP contribution >= 0.6 is 0 Å². The standard InChI is InChI=1S/C21H24FNO3/c1-14-12-17-13-18(22)6-9-20(17)15(2)23(14)21(24)16-4-7-19(8-5-16)26-11-10-25-3/h4-9,13-15H,10-12H2,1-3H3. The van der Waals surface area contributed by atoms with E-state index in [1.54, 1.807) is 43.5 Å². The van der Waals surface area contributed by atoms with Crippen LogP contribution in [0, 0.1) is 5.82 Å². The Morgan fingerprint density at radius 3 is 2.58 bits per heavy atom. The smallest absolute Gasteiger partial charge is 0.254 e. The van der Waals surface area contributed by atoms with Gasteiger partial charge in [-0.15, -0.1) is 0 Å². The van der Waals surface area contributed by atoms with Crippen molar-refractivity contribution < 1.29 is 18.7 Å². The molecule has 0 aliphatic carbocycles. The van der Waals surface area contributed by atoms with Crippen LogP contribution in [0.2, 0.25) is 0 Å². The van der Waals surface area contributed by atoms with Crippen LogP contribution < -0.4 is 4.74 Å². The molecule has 3 rings (SSSR count). The van der Waals surface area contributed by atoms with Crippen LogP contribution in [-0.2, 0) is 11.2 Å². The summed E-state index contributed by atoms with van der Waals surface area (Å²) in [5.74, 6) is 0.453. The summed E-state index contributed by atoms with van der Waals surface area (Å²) < 4.78 is 24.0. The summed E-state index contributed by atoms with van der Waals surface area (Å²) in [7, 11) is 1.62. The lowest BCUT2D eigenvalue weighted by atomic mass is 9.89. The monoisotopic (exact) mass is 357 g/mol. The molecule has 26 heavy (non-hydrogen) atoms. The van der Waals surface area contributed by atoms with Gasteiger partial charge in [-0.25, -0.2) is 4.39 Å². The first-order valence-electron chi connectivity index (χ1n) is 8.84. The second kappa shape index (κ2) is 7.87. The van der Waals surface area contributed by atoms with Crippen LogP contribution in [0.25, 0.3) is 0 Å². The van der Waals surface area contributed by atoms with Gasteiger partial charge in [-0.3, -0.25) is 4.79 Å². The van der Waals surface area contributed by atoms with Gasteiger partial charge in [-0.05, 0) is 67.8 Å². The molecule has 0 bridgehead atoms. The van der Waals surface area contributed by atoms with Crippen molar-refractivity contribution >= 4 is 5.91 Å². The lowest BCUT2D eigenvalue weighted by Gasteiger charge is -2.40. The third kappa shape index (κ3) is 3.73. The SMILES string of the molecule is COCCOc1ccc(C(=O)N2C(C)Cc3cc(F)ccc3C2C)cc1. The summed E-state index contributed by atoms with van der Waals surface area (Å²) in [5, 5.41) is 0. The molecular weight excluding hydrogens is 333 g/mol. The van der Waals surface area contributed by atoms with E-state index < -0.39 is 0 Å². The minimum atomic E-state index is -0.230. The topological polar surface area (TPSA) is 38.8 Å². The summed E-state index contributed by atoms with van der Waals surface area (Å²) >= 11 is 0.